The molecule has 0 atom stereocenters. The van der Waals surface area contributed by atoms with Crippen LogP contribution < -0.4 is 16.0 Å². The third-order valence-corrected chi connectivity index (χ3v) is 3.17. The van der Waals surface area contributed by atoms with Crippen molar-refractivity contribution in [1.82, 2.24) is 15.2 Å². The molecule has 1 saturated heterocycles. The first-order valence-electron chi connectivity index (χ1n) is 6.89. The summed E-state index contributed by atoms with van der Waals surface area (Å²) in [6, 6.07) is 3.67. The van der Waals surface area contributed by atoms with E-state index < -0.39 is 0 Å². The standard InChI is InChI=1S/C14H23N5O/c1-14(2,3)17-13(20)19-9-7-18(8-10-19)12-11(15)5-4-6-16-12/h4-6H,7-10,15H2,1-3H3,(H,17,20). The van der Waals surface area contributed by atoms with E-state index in [0.29, 0.717) is 18.8 Å². The minimum absolute atomic E-state index is 0.00820. The SMILES string of the molecule is CC(C)(C)NC(=O)N1CCN(c2ncccc2N)CC1. The molecule has 6 nitrogen and oxygen atoms in total. The molecule has 0 saturated carbocycles. The normalized spacial score (nSPS) is 16.1. The Morgan fingerprint density at radius 1 is 1.30 bits per heavy atom. The molecule has 1 fully saturated rings. The van der Waals surface area contributed by atoms with Gasteiger partial charge >= 0.3 is 6.03 Å². The number of carbonyl (C=O) groups excluding carboxylic acids is 1. The van der Waals surface area contributed by atoms with E-state index in [4.69, 9.17) is 5.73 Å². The topological polar surface area (TPSA) is 74.5 Å². The van der Waals surface area contributed by atoms with E-state index in [1.165, 1.54) is 0 Å². The van der Waals surface area contributed by atoms with Gasteiger partial charge in [-0.25, -0.2) is 9.78 Å². The Morgan fingerprint density at radius 3 is 2.50 bits per heavy atom. The average molecular weight is 277 g/mol. The first-order valence-corrected chi connectivity index (χ1v) is 6.89. The first kappa shape index (κ1) is 14.4. The summed E-state index contributed by atoms with van der Waals surface area (Å²) in [5.74, 6) is 0.809. The zero-order chi connectivity index (χ0) is 14.8. The molecule has 1 aliphatic heterocycles. The molecular weight excluding hydrogens is 254 g/mol. The summed E-state index contributed by atoms with van der Waals surface area (Å²) in [6.07, 6.45) is 1.74. The van der Waals surface area contributed by atoms with Gasteiger partial charge in [0.1, 0.15) is 0 Å². The molecule has 0 spiro atoms. The van der Waals surface area contributed by atoms with Crippen LogP contribution in [0.1, 0.15) is 20.8 Å². The lowest BCUT2D eigenvalue weighted by atomic mass is 10.1. The number of rotatable bonds is 1. The number of urea groups is 1. The fourth-order valence-electron chi connectivity index (χ4n) is 2.19. The van der Waals surface area contributed by atoms with Gasteiger partial charge < -0.3 is 20.9 Å². The Balaban J connectivity index is 1.93. The summed E-state index contributed by atoms with van der Waals surface area (Å²) < 4.78 is 0. The predicted octanol–water partition coefficient (Wildman–Crippen LogP) is 1.29. The van der Waals surface area contributed by atoms with Crippen LogP contribution in [0.25, 0.3) is 0 Å². The molecule has 0 aliphatic carbocycles. The lowest BCUT2D eigenvalue weighted by Gasteiger charge is -2.37. The van der Waals surface area contributed by atoms with Crippen molar-refractivity contribution in [3.05, 3.63) is 18.3 Å². The smallest absolute Gasteiger partial charge is 0.317 e. The van der Waals surface area contributed by atoms with Crippen molar-refractivity contribution < 1.29 is 4.79 Å². The quantitative estimate of drug-likeness (QED) is 0.811. The number of carbonyl (C=O) groups is 1. The van der Waals surface area contributed by atoms with E-state index in [0.717, 1.165) is 18.9 Å². The van der Waals surface area contributed by atoms with Gasteiger partial charge in [0.05, 0.1) is 5.69 Å². The lowest BCUT2D eigenvalue weighted by molar-refractivity contribution is 0.185. The molecule has 6 heteroatoms. The summed E-state index contributed by atoms with van der Waals surface area (Å²) >= 11 is 0. The van der Waals surface area contributed by atoms with Crippen molar-refractivity contribution >= 4 is 17.5 Å². The Morgan fingerprint density at radius 2 is 1.95 bits per heavy atom. The number of hydrogen-bond acceptors (Lipinski definition) is 4. The molecule has 1 aromatic heterocycles. The second-order valence-electron chi connectivity index (χ2n) is 6.07. The molecule has 20 heavy (non-hydrogen) atoms. The second kappa shape index (κ2) is 5.56. The van der Waals surface area contributed by atoms with Gasteiger partial charge in [-0.3, -0.25) is 0 Å². The third kappa shape index (κ3) is 3.53. The summed E-state index contributed by atoms with van der Waals surface area (Å²) in [5.41, 5.74) is 6.40. The summed E-state index contributed by atoms with van der Waals surface area (Å²) in [5, 5.41) is 2.98. The Labute approximate surface area is 120 Å². The molecule has 0 bridgehead atoms. The van der Waals surface area contributed by atoms with E-state index in [1.807, 2.05) is 37.8 Å². The van der Waals surface area contributed by atoms with Crippen molar-refractivity contribution in [3.63, 3.8) is 0 Å². The monoisotopic (exact) mass is 277 g/mol. The molecule has 2 heterocycles. The largest absolute Gasteiger partial charge is 0.396 e. The molecular formula is C14H23N5O. The van der Waals surface area contributed by atoms with Gasteiger partial charge in [-0.15, -0.1) is 0 Å². The van der Waals surface area contributed by atoms with Crippen molar-refractivity contribution in [1.29, 1.82) is 0 Å². The molecule has 0 aromatic carbocycles. The van der Waals surface area contributed by atoms with E-state index >= 15 is 0 Å². The molecule has 2 rings (SSSR count). The number of piperazine rings is 1. The number of amides is 2. The maximum Gasteiger partial charge on any atom is 0.317 e. The first-order chi connectivity index (χ1) is 9.37. The van der Waals surface area contributed by atoms with Gasteiger partial charge in [0.15, 0.2) is 5.82 Å². The van der Waals surface area contributed by atoms with Crippen LogP contribution in [0, 0.1) is 0 Å². The molecule has 1 aromatic rings. The maximum atomic E-state index is 12.1. The molecule has 0 radical (unpaired) electrons. The number of nitrogen functional groups attached to an aromatic ring is 1. The van der Waals surface area contributed by atoms with E-state index in [9.17, 15) is 4.79 Å². The Bertz CT molecular complexity index is 475. The van der Waals surface area contributed by atoms with Gasteiger partial charge in [0, 0.05) is 37.9 Å². The van der Waals surface area contributed by atoms with Crippen LogP contribution in [0.5, 0.6) is 0 Å². The minimum atomic E-state index is -0.209. The highest BCUT2D eigenvalue weighted by molar-refractivity contribution is 5.75. The number of nitrogens with zero attached hydrogens (tertiary/aromatic N) is 3. The third-order valence-electron chi connectivity index (χ3n) is 3.17. The van der Waals surface area contributed by atoms with E-state index in [-0.39, 0.29) is 11.6 Å². The number of pyridine rings is 1. The van der Waals surface area contributed by atoms with Gasteiger partial charge in [-0.1, -0.05) is 0 Å². The van der Waals surface area contributed by atoms with Gasteiger partial charge in [0.25, 0.3) is 0 Å². The zero-order valence-corrected chi connectivity index (χ0v) is 12.4. The Kier molecular flexibility index (Phi) is 4.01. The molecule has 0 unspecified atom stereocenters. The molecule has 110 valence electrons. The highest BCUT2D eigenvalue weighted by atomic mass is 16.2. The fourth-order valence-corrected chi connectivity index (χ4v) is 2.19. The highest BCUT2D eigenvalue weighted by Crippen LogP contribution is 2.20. The van der Waals surface area contributed by atoms with Gasteiger partial charge in [0.2, 0.25) is 0 Å². The van der Waals surface area contributed by atoms with Crippen LogP contribution in [0.3, 0.4) is 0 Å². The van der Waals surface area contributed by atoms with Crippen molar-refractivity contribution in [2.75, 3.05) is 36.8 Å². The summed E-state index contributed by atoms with van der Waals surface area (Å²) in [4.78, 5) is 20.3. The second-order valence-corrected chi connectivity index (χ2v) is 6.07. The minimum Gasteiger partial charge on any atom is -0.396 e. The van der Waals surface area contributed by atoms with Crippen LogP contribution in [0.2, 0.25) is 0 Å². The van der Waals surface area contributed by atoms with Crippen LogP contribution in [0.15, 0.2) is 18.3 Å². The number of nitrogens with two attached hydrogens (primary N) is 1. The van der Waals surface area contributed by atoms with Crippen LogP contribution >= 0.6 is 0 Å². The van der Waals surface area contributed by atoms with Crippen molar-refractivity contribution in [2.24, 2.45) is 0 Å². The van der Waals surface area contributed by atoms with Gasteiger partial charge in [-0.05, 0) is 32.9 Å². The number of hydrogen-bond donors (Lipinski definition) is 2. The number of nitrogens with one attached hydrogen (secondary N) is 1. The maximum absolute atomic E-state index is 12.1. The number of aromatic nitrogens is 1. The molecule has 3 N–H and O–H groups in total. The lowest BCUT2D eigenvalue weighted by Crippen LogP contribution is -2.55. The zero-order valence-electron chi connectivity index (χ0n) is 12.4. The molecule has 2 amide bonds. The van der Waals surface area contributed by atoms with E-state index in [2.05, 4.69) is 15.2 Å². The number of anilines is 2. The van der Waals surface area contributed by atoms with Crippen molar-refractivity contribution in [2.45, 2.75) is 26.3 Å². The predicted molar refractivity (Wildman–Crippen MR) is 80.7 cm³/mol. The van der Waals surface area contributed by atoms with Crippen LogP contribution in [-0.4, -0.2) is 47.6 Å². The summed E-state index contributed by atoms with van der Waals surface area (Å²) in [6.45, 7) is 8.80. The summed E-state index contributed by atoms with van der Waals surface area (Å²) in [7, 11) is 0. The fraction of sp³-hybridized carbons (Fsp3) is 0.571. The van der Waals surface area contributed by atoms with Crippen molar-refractivity contribution in [3.8, 4) is 0 Å². The highest BCUT2D eigenvalue weighted by Gasteiger charge is 2.25. The van der Waals surface area contributed by atoms with Crippen LogP contribution in [0.4, 0.5) is 16.3 Å². The van der Waals surface area contributed by atoms with E-state index in [1.54, 1.807) is 6.20 Å². The van der Waals surface area contributed by atoms with Crippen LogP contribution in [-0.2, 0) is 0 Å². The average Bonchev–Trinajstić information content (AvgIpc) is 2.37. The molecule has 1 aliphatic rings. The van der Waals surface area contributed by atoms with Gasteiger partial charge in [-0.2, -0.15) is 0 Å². The Hall–Kier alpha value is -1.98.